The topological polar surface area (TPSA) is 77.1 Å². The summed E-state index contributed by atoms with van der Waals surface area (Å²) in [7, 11) is 0. The average molecular weight is 507 g/mol. The Morgan fingerprint density at radius 1 is 1.16 bits per heavy atom. The van der Waals surface area contributed by atoms with E-state index in [1.807, 2.05) is 19.9 Å². The Kier molecular flexibility index (Phi) is 5.76. The molecular weight excluding hydrogens is 489 g/mol. The Morgan fingerprint density at radius 2 is 1.94 bits per heavy atom. The van der Waals surface area contributed by atoms with Crippen LogP contribution in [0.4, 0.5) is 13.2 Å². The van der Waals surface area contributed by atoms with Crippen LogP contribution in [-0.2, 0) is 12.7 Å². The first-order valence-electron chi connectivity index (χ1n) is 9.63. The van der Waals surface area contributed by atoms with Crippen molar-refractivity contribution in [2.45, 2.75) is 26.6 Å². The lowest BCUT2D eigenvalue weighted by Crippen LogP contribution is -2.27. The van der Waals surface area contributed by atoms with Gasteiger partial charge in [0.15, 0.2) is 17.0 Å². The molecule has 1 aromatic carbocycles. The van der Waals surface area contributed by atoms with Crippen molar-refractivity contribution in [1.29, 1.82) is 0 Å². The van der Waals surface area contributed by atoms with Gasteiger partial charge in [-0.05, 0) is 53.0 Å². The maximum atomic E-state index is 13.8. The number of nitrogens with zero attached hydrogens (tertiary/aromatic N) is 5. The van der Waals surface area contributed by atoms with Crippen molar-refractivity contribution in [3.05, 3.63) is 69.7 Å². The van der Waals surface area contributed by atoms with Crippen LogP contribution in [0.5, 0.6) is 0 Å². The zero-order chi connectivity index (χ0) is 23.0. The fraction of sp³-hybridized carbons (Fsp3) is 0.238. The Hall–Kier alpha value is -3.21. The van der Waals surface area contributed by atoms with Crippen molar-refractivity contribution in [2.24, 2.45) is 0 Å². The van der Waals surface area contributed by atoms with Gasteiger partial charge in [-0.1, -0.05) is 12.1 Å². The summed E-state index contributed by atoms with van der Waals surface area (Å²) in [5, 5.41) is 10.6. The quantitative estimate of drug-likeness (QED) is 0.434. The highest BCUT2D eigenvalue weighted by molar-refractivity contribution is 9.10. The predicted molar refractivity (Wildman–Crippen MR) is 115 cm³/mol. The van der Waals surface area contributed by atoms with Crippen LogP contribution in [-0.4, -0.2) is 36.8 Å². The minimum absolute atomic E-state index is 0.0609. The maximum Gasteiger partial charge on any atom is 0.433 e. The SMILES string of the molecule is Cc1ccc(-c2cc(C(F)(F)F)n3nc(C(=O)NCCn4cc(Br)cn4)cc3n2)cc1C. The third kappa shape index (κ3) is 4.52. The van der Waals surface area contributed by atoms with E-state index >= 15 is 0 Å². The molecule has 4 aromatic rings. The van der Waals surface area contributed by atoms with Gasteiger partial charge in [0.1, 0.15) is 0 Å². The first kappa shape index (κ1) is 22.0. The number of aromatic nitrogens is 5. The molecule has 0 aliphatic carbocycles. The molecule has 32 heavy (non-hydrogen) atoms. The van der Waals surface area contributed by atoms with E-state index in [2.05, 4.69) is 36.4 Å². The van der Waals surface area contributed by atoms with Crippen LogP contribution < -0.4 is 5.32 Å². The van der Waals surface area contributed by atoms with Crippen LogP contribution in [0.25, 0.3) is 16.9 Å². The molecule has 7 nitrogen and oxygen atoms in total. The van der Waals surface area contributed by atoms with E-state index in [9.17, 15) is 18.0 Å². The standard InChI is InChI=1S/C21H18BrF3N6O/c1-12-3-4-14(7-13(12)2)16-8-18(21(23,24)25)31-19(28-16)9-17(29-31)20(32)26-5-6-30-11-15(22)10-27-30/h3-4,7-11H,5-6H2,1-2H3,(H,26,32). The summed E-state index contributed by atoms with van der Waals surface area (Å²) in [5.41, 5.74) is 1.46. The molecule has 3 aromatic heterocycles. The van der Waals surface area contributed by atoms with Gasteiger partial charge in [0, 0.05) is 24.4 Å². The number of carbonyl (C=O) groups is 1. The van der Waals surface area contributed by atoms with Gasteiger partial charge in [0.05, 0.1) is 22.9 Å². The Bertz CT molecular complexity index is 1310. The van der Waals surface area contributed by atoms with E-state index in [0.29, 0.717) is 16.6 Å². The summed E-state index contributed by atoms with van der Waals surface area (Å²) < 4.78 is 44.3. The van der Waals surface area contributed by atoms with Gasteiger partial charge in [-0.15, -0.1) is 0 Å². The van der Waals surface area contributed by atoms with Crippen molar-refractivity contribution >= 4 is 27.5 Å². The van der Waals surface area contributed by atoms with E-state index in [4.69, 9.17) is 0 Å². The summed E-state index contributed by atoms with van der Waals surface area (Å²) in [6.45, 7) is 4.43. The first-order chi connectivity index (χ1) is 15.1. The van der Waals surface area contributed by atoms with Crippen molar-refractivity contribution < 1.29 is 18.0 Å². The molecule has 4 rings (SSSR count). The molecule has 0 saturated carbocycles. The summed E-state index contributed by atoms with van der Waals surface area (Å²) >= 11 is 3.28. The zero-order valence-corrected chi connectivity index (χ0v) is 18.7. The lowest BCUT2D eigenvalue weighted by atomic mass is 10.0. The molecule has 0 fully saturated rings. The molecule has 166 valence electrons. The van der Waals surface area contributed by atoms with E-state index in [1.165, 1.54) is 6.07 Å². The van der Waals surface area contributed by atoms with E-state index in [0.717, 1.165) is 21.7 Å². The van der Waals surface area contributed by atoms with Gasteiger partial charge in [-0.3, -0.25) is 9.48 Å². The number of fused-ring (bicyclic) bond motifs is 1. The maximum absolute atomic E-state index is 13.8. The first-order valence-corrected chi connectivity index (χ1v) is 10.4. The largest absolute Gasteiger partial charge is 0.433 e. The summed E-state index contributed by atoms with van der Waals surface area (Å²) in [6, 6.07) is 7.53. The lowest BCUT2D eigenvalue weighted by Gasteiger charge is -2.11. The van der Waals surface area contributed by atoms with Crippen molar-refractivity contribution in [2.75, 3.05) is 6.54 Å². The molecule has 11 heteroatoms. The Morgan fingerprint density at radius 3 is 2.59 bits per heavy atom. The van der Waals surface area contributed by atoms with E-state index < -0.39 is 17.8 Å². The van der Waals surface area contributed by atoms with Gasteiger partial charge in [-0.2, -0.15) is 23.4 Å². The number of hydrogen-bond acceptors (Lipinski definition) is 4. The molecule has 0 bridgehead atoms. The third-order valence-electron chi connectivity index (χ3n) is 4.98. The number of amides is 1. The van der Waals surface area contributed by atoms with Crippen molar-refractivity contribution in [1.82, 2.24) is 29.7 Å². The predicted octanol–water partition coefficient (Wildman–Crippen LogP) is 4.42. The average Bonchev–Trinajstić information content (AvgIpc) is 3.34. The molecule has 0 spiro atoms. The minimum Gasteiger partial charge on any atom is -0.349 e. The third-order valence-corrected chi connectivity index (χ3v) is 5.39. The van der Waals surface area contributed by atoms with Crippen LogP contribution in [0.2, 0.25) is 0 Å². The van der Waals surface area contributed by atoms with Crippen molar-refractivity contribution in [3.8, 4) is 11.3 Å². The van der Waals surface area contributed by atoms with Gasteiger partial charge in [0.25, 0.3) is 5.91 Å². The minimum atomic E-state index is -4.68. The summed E-state index contributed by atoms with van der Waals surface area (Å²) in [6.07, 6.45) is -1.32. The lowest BCUT2D eigenvalue weighted by molar-refractivity contribution is -0.142. The number of carbonyl (C=O) groups excluding carboxylic acids is 1. The molecule has 0 atom stereocenters. The number of hydrogen-bond donors (Lipinski definition) is 1. The van der Waals surface area contributed by atoms with Gasteiger partial charge in [-0.25, -0.2) is 9.50 Å². The second-order valence-electron chi connectivity index (χ2n) is 7.30. The second kappa shape index (κ2) is 8.38. The molecule has 0 radical (unpaired) electrons. The molecular formula is C21H18BrF3N6O. The number of alkyl halides is 3. The fourth-order valence-corrected chi connectivity index (χ4v) is 3.50. The van der Waals surface area contributed by atoms with E-state index in [1.54, 1.807) is 29.2 Å². The van der Waals surface area contributed by atoms with Crippen LogP contribution in [0.15, 0.2) is 47.2 Å². The zero-order valence-electron chi connectivity index (χ0n) is 17.1. The van der Waals surface area contributed by atoms with Crippen molar-refractivity contribution in [3.63, 3.8) is 0 Å². The van der Waals surface area contributed by atoms with Crippen LogP contribution >= 0.6 is 15.9 Å². The van der Waals surface area contributed by atoms with Crippen LogP contribution in [0.3, 0.4) is 0 Å². The number of rotatable bonds is 5. The van der Waals surface area contributed by atoms with Gasteiger partial charge >= 0.3 is 6.18 Å². The second-order valence-corrected chi connectivity index (χ2v) is 8.22. The fourth-order valence-electron chi connectivity index (χ4n) is 3.17. The number of aryl methyl sites for hydroxylation is 2. The van der Waals surface area contributed by atoms with Gasteiger partial charge < -0.3 is 5.32 Å². The molecule has 1 amide bonds. The molecule has 0 saturated heterocycles. The Labute approximate surface area is 189 Å². The monoisotopic (exact) mass is 506 g/mol. The molecule has 0 aliphatic heterocycles. The molecule has 1 N–H and O–H groups in total. The number of nitrogens with one attached hydrogen (secondary N) is 1. The molecule has 0 aliphatic rings. The number of halogens is 4. The smallest absolute Gasteiger partial charge is 0.349 e. The molecule has 3 heterocycles. The van der Waals surface area contributed by atoms with Crippen LogP contribution in [0, 0.1) is 13.8 Å². The highest BCUT2D eigenvalue weighted by Crippen LogP contribution is 2.32. The molecule has 0 unspecified atom stereocenters. The Balaban J connectivity index is 1.65. The van der Waals surface area contributed by atoms with Gasteiger partial charge in [0.2, 0.25) is 0 Å². The number of benzene rings is 1. The highest BCUT2D eigenvalue weighted by atomic mass is 79.9. The summed E-state index contributed by atoms with van der Waals surface area (Å²) in [5.74, 6) is -0.595. The summed E-state index contributed by atoms with van der Waals surface area (Å²) in [4.78, 5) is 16.8. The normalized spacial score (nSPS) is 11.8. The van der Waals surface area contributed by atoms with Crippen LogP contribution in [0.1, 0.15) is 27.3 Å². The highest BCUT2D eigenvalue weighted by Gasteiger charge is 2.35. The van der Waals surface area contributed by atoms with E-state index in [-0.39, 0.29) is 23.6 Å².